The second-order valence-corrected chi connectivity index (χ2v) is 7.59. The smallest absolute Gasteiger partial charge is 0.285 e. The summed E-state index contributed by atoms with van der Waals surface area (Å²) in [6, 6.07) is 4.87. The highest BCUT2D eigenvalue weighted by Gasteiger charge is 2.21. The summed E-state index contributed by atoms with van der Waals surface area (Å²) < 4.78 is 42.9. The number of nitrogens with zero attached hydrogens (tertiary/aromatic N) is 2. The molecule has 0 atom stereocenters. The summed E-state index contributed by atoms with van der Waals surface area (Å²) in [5, 5.41) is 2.18. The Morgan fingerprint density at radius 2 is 2.00 bits per heavy atom. The summed E-state index contributed by atoms with van der Waals surface area (Å²) in [7, 11) is -4.22. The molecule has 1 aromatic heterocycles. The van der Waals surface area contributed by atoms with Gasteiger partial charge in [-0.25, -0.2) is 17.8 Å². The third-order valence-corrected chi connectivity index (χ3v) is 5.61. The van der Waals surface area contributed by atoms with Crippen molar-refractivity contribution in [1.29, 1.82) is 0 Å². The van der Waals surface area contributed by atoms with Crippen LogP contribution in [0.5, 0.6) is 0 Å². The molecule has 0 saturated carbocycles. The summed E-state index contributed by atoms with van der Waals surface area (Å²) >= 11 is 1.28. The number of thiazole rings is 1. The molecule has 11 heteroatoms. The Kier molecular flexibility index (Phi) is 5.27. The topological polar surface area (TPSA) is 101 Å². The minimum absolute atomic E-state index is 0.0720. The molecule has 1 aliphatic heterocycles. The SMILES string of the molecule is O=C(NNS(=O)(=O)c1ccccc1F)c1csc(N2CCOCC2)n1. The van der Waals surface area contributed by atoms with Gasteiger partial charge in [0.05, 0.1) is 13.2 Å². The van der Waals surface area contributed by atoms with Gasteiger partial charge in [0, 0.05) is 18.5 Å². The number of carbonyl (C=O) groups is 1. The Morgan fingerprint density at radius 3 is 2.72 bits per heavy atom. The molecule has 1 aromatic carbocycles. The van der Waals surface area contributed by atoms with E-state index < -0.39 is 26.6 Å². The Bertz CT molecular complexity index is 865. The molecule has 0 unspecified atom stereocenters. The lowest BCUT2D eigenvalue weighted by atomic mass is 10.4. The lowest BCUT2D eigenvalue weighted by molar-refractivity contribution is 0.0940. The molecule has 8 nitrogen and oxygen atoms in total. The van der Waals surface area contributed by atoms with Gasteiger partial charge in [-0.15, -0.1) is 16.2 Å². The minimum atomic E-state index is -4.22. The number of ether oxygens (including phenoxy) is 1. The van der Waals surface area contributed by atoms with Crippen LogP contribution in [0.1, 0.15) is 10.5 Å². The van der Waals surface area contributed by atoms with Crippen LogP contribution in [-0.4, -0.2) is 45.6 Å². The predicted molar refractivity (Wildman–Crippen MR) is 89.3 cm³/mol. The average Bonchev–Trinajstić information content (AvgIpc) is 3.11. The zero-order chi connectivity index (χ0) is 17.9. The molecule has 3 rings (SSSR count). The molecule has 1 amide bonds. The van der Waals surface area contributed by atoms with Gasteiger partial charge < -0.3 is 9.64 Å². The maximum absolute atomic E-state index is 13.6. The number of rotatable bonds is 5. The lowest BCUT2D eigenvalue weighted by Crippen LogP contribution is -2.42. The average molecular weight is 386 g/mol. The van der Waals surface area contributed by atoms with Gasteiger partial charge in [-0.05, 0) is 12.1 Å². The second kappa shape index (κ2) is 7.44. The van der Waals surface area contributed by atoms with Crippen molar-refractivity contribution in [2.45, 2.75) is 4.90 Å². The third-order valence-electron chi connectivity index (χ3n) is 3.43. The molecule has 0 bridgehead atoms. The Morgan fingerprint density at radius 1 is 1.28 bits per heavy atom. The number of hydrazine groups is 1. The van der Waals surface area contributed by atoms with Crippen LogP contribution in [0.4, 0.5) is 9.52 Å². The molecular weight excluding hydrogens is 371 g/mol. The zero-order valence-corrected chi connectivity index (χ0v) is 14.6. The number of aromatic nitrogens is 1. The fourth-order valence-corrected chi connectivity index (χ4v) is 3.94. The number of hydrogen-bond donors (Lipinski definition) is 2. The largest absolute Gasteiger partial charge is 0.378 e. The molecule has 0 radical (unpaired) electrons. The molecule has 2 aromatic rings. The summed E-state index contributed by atoms with van der Waals surface area (Å²) in [6.45, 7) is 2.52. The van der Waals surface area contributed by atoms with Gasteiger partial charge in [0.25, 0.3) is 15.9 Å². The van der Waals surface area contributed by atoms with Gasteiger partial charge in [0.15, 0.2) is 5.13 Å². The fraction of sp³-hybridized carbons (Fsp3) is 0.286. The summed E-state index contributed by atoms with van der Waals surface area (Å²) in [5.41, 5.74) is 2.11. The first kappa shape index (κ1) is 17.7. The maximum Gasteiger partial charge on any atom is 0.285 e. The van der Waals surface area contributed by atoms with Crippen LogP contribution in [-0.2, 0) is 14.8 Å². The van der Waals surface area contributed by atoms with E-state index in [-0.39, 0.29) is 5.69 Å². The molecule has 134 valence electrons. The zero-order valence-electron chi connectivity index (χ0n) is 12.9. The van der Waals surface area contributed by atoms with Crippen LogP contribution in [0.3, 0.4) is 0 Å². The molecule has 1 aliphatic rings. The Balaban J connectivity index is 1.65. The van der Waals surface area contributed by atoms with Crippen LogP contribution in [0, 0.1) is 5.82 Å². The highest BCUT2D eigenvalue weighted by molar-refractivity contribution is 7.89. The van der Waals surface area contributed by atoms with Crippen molar-refractivity contribution in [3.05, 3.63) is 41.2 Å². The molecule has 1 saturated heterocycles. The number of carbonyl (C=O) groups excluding carboxylic acids is 1. The molecule has 0 spiro atoms. The van der Waals surface area contributed by atoms with Gasteiger partial charge in [0.2, 0.25) is 0 Å². The van der Waals surface area contributed by atoms with Crippen LogP contribution in [0.15, 0.2) is 34.5 Å². The summed E-state index contributed by atoms with van der Waals surface area (Å²) in [4.78, 5) is 19.6. The third kappa shape index (κ3) is 4.12. The first-order valence-electron chi connectivity index (χ1n) is 7.32. The van der Waals surface area contributed by atoms with Crippen LogP contribution < -0.4 is 15.2 Å². The maximum atomic E-state index is 13.6. The van der Waals surface area contributed by atoms with Crippen molar-refractivity contribution < 1.29 is 22.3 Å². The van der Waals surface area contributed by atoms with E-state index in [2.05, 4.69) is 4.98 Å². The van der Waals surface area contributed by atoms with Crippen LogP contribution in [0.2, 0.25) is 0 Å². The van der Waals surface area contributed by atoms with Gasteiger partial charge >= 0.3 is 0 Å². The van der Waals surface area contributed by atoms with Crippen molar-refractivity contribution in [3.8, 4) is 0 Å². The van der Waals surface area contributed by atoms with E-state index in [1.54, 1.807) is 0 Å². The number of amides is 1. The van der Waals surface area contributed by atoms with Crippen molar-refractivity contribution in [3.63, 3.8) is 0 Å². The molecule has 2 heterocycles. The number of sulfonamides is 1. The standard InChI is InChI=1S/C14H15FN4O4S2/c15-10-3-1-2-4-12(10)25(21,22)18-17-13(20)11-9-24-14(16-11)19-5-7-23-8-6-19/h1-4,9,18H,5-8H2,(H,17,20). The van der Waals surface area contributed by atoms with E-state index in [0.717, 1.165) is 12.1 Å². The van der Waals surface area contributed by atoms with Crippen molar-refractivity contribution in [2.75, 3.05) is 31.2 Å². The normalized spacial score (nSPS) is 15.2. The first-order chi connectivity index (χ1) is 12.0. The van der Waals surface area contributed by atoms with Crippen LogP contribution >= 0.6 is 11.3 Å². The van der Waals surface area contributed by atoms with E-state index in [1.807, 2.05) is 15.2 Å². The number of morpholine rings is 1. The van der Waals surface area contributed by atoms with E-state index >= 15 is 0 Å². The van der Waals surface area contributed by atoms with E-state index in [1.165, 1.54) is 28.8 Å². The molecule has 2 N–H and O–H groups in total. The number of hydrogen-bond acceptors (Lipinski definition) is 7. The van der Waals surface area contributed by atoms with Gasteiger partial charge in [-0.2, -0.15) is 0 Å². The number of benzene rings is 1. The number of nitrogens with one attached hydrogen (secondary N) is 2. The highest BCUT2D eigenvalue weighted by atomic mass is 32.2. The van der Waals surface area contributed by atoms with E-state index in [9.17, 15) is 17.6 Å². The highest BCUT2D eigenvalue weighted by Crippen LogP contribution is 2.21. The molecule has 0 aliphatic carbocycles. The van der Waals surface area contributed by atoms with Gasteiger partial charge in [0.1, 0.15) is 16.4 Å². The molecular formula is C14H15FN4O4S2. The van der Waals surface area contributed by atoms with Gasteiger partial charge in [-0.3, -0.25) is 10.2 Å². The second-order valence-electron chi connectivity index (χ2n) is 5.10. The first-order valence-corrected chi connectivity index (χ1v) is 9.68. The predicted octanol–water partition coefficient (Wildman–Crippen LogP) is 0.742. The van der Waals surface area contributed by atoms with Gasteiger partial charge in [-0.1, -0.05) is 12.1 Å². The lowest BCUT2D eigenvalue weighted by Gasteiger charge is -2.25. The molecule has 25 heavy (non-hydrogen) atoms. The quantitative estimate of drug-likeness (QED) is 0.736. The van der Waals surface area contributed by atoms with Crippen molar-refractivity contribution in [1.82, 2.24) is 15.2 Å². The minimum Gasteiger partial charge on any atom is -0.378 e. The summed E-state index contributed by atoms with van der Waals surface area (Å²) in [6.07, 6.45) is 0. The van der Waals surface area contributed by atoms with E-state index in [4.69, 9.17) is 4.74 Å². The van der Waals surface area contributed by atoms with Crippen molar-refractivity contribution in [2.24, 2.45) is 0 Å². The Labute approximate surface area is 147 Å². The number of halogens is 1. The van der Waals surface area contributed by atoms with Crippen LogP contribution in [0.25, 0.3) is 0 Å². The monoisotopic (exact) mass is 386 g/mol. The number of anilines is 1. The summed E-state index contributed by atoms with van der Waals surface area (Å²) in [5.74, 6) is -1.64. The fourth-order valence-electron chi connectivity index (χ4n) is 2.16. The van der Waals surface area contributed by atoms with E-state index in [0.29, 0.717) is 31.4 Å². The van der Waals surface area contributed by atoms with Crippen molar-refractivity contribution >= 4 is 32.4 Å². The Hall–Kier alpha value is -2.08. The molecule has 1 fully saturated rings.